The second-order valence-electron chi connectivity index (χ2n) is 3.98. The molecule has 2 heterocycles. The number of fused-ring (bicyclic) bond motifs is 1. The molecule has 4 heteroatoms. The molecule has 3 aromatic rings. The first kappa shape index (κ1) is 9.96. The second kappa shape index (κ2) is 3.66. The minimum absolute atomic E-state index is 0.364. The minimum Gasteiger partial charge on any atom is -0.336 e. The fourth-order valence-corrected chi connectivity index (χ4v) is 1.72. The van der Waals surface area contributed by atoms with E-state index in [2.05, 4.69) is 15.0 Å². The van der Waals surface area contributed by atoms with E-state index in [0.717, 1.165) is 5.56 Å². The summed E-state index contributed by atoms with van der Waals surface area (Å²) in [6.45, 7) is 2.03. The van der Waals surface area contributed by atoms with Crippen molar-refractivity contribution in [2.24, 2.45) is 0 Å². The molecule has 0 unspecified atom stereocenters. The van der Waals surface area contributed by atoms with E-state index < -0.39 is 0 Å². The molecule has 0 aliphatic heterocycles. The van der Waals surface area contributed by atoms with E-state index in [4.69, 9.17) is 0 Å². The van der Waals surface area contributed by atoms with Crippen molar-refractivity contribution in [2.75, 3.05) is 0 Å². The molecular formula is C13H10FN3. The van der Waals surface area contributed by atoms with Gasteiger partial charge in [0.2, 0.25) is 0 Å². The maximum atomic E-state index is 13.0. The lowest BCUT2D eigenvalue weighted by Crippen LogP contribution is -1.80. The van der Waals surface area contributed by atoms with Crippen molar-refractivity contribution in [2.45, 2.75) is 6.92 Å². The van der Waals surface area contributed by atoms with Gasteiger partial charge in [0.15, 0.2) is 5.65 Å². The molecule has 0 spiro atoms. The molecule has 3 nitrogen and oxygen atoms in total. The van der Waals surface area contributed by atoms with Gasteiger partial charge in [-0.25, -0.2) is 14.4 Å². The van der Waals surface area contributed by atoms with Crippen LogP contribution < -0.4 is 0 Å². The highest BCUT2D eigenvalue weighted by Crippen LogP contribution is 2.19. The van der Waals surface area contributed by atoms with Crippen molar-refractivity contribution in [3.8, 4) is 11.4 Å². The summed E-state index contributed by atoms with van der Waals surface area (Å²) in [5.41, 5.74) is 3.30. The summed E-state index contributed by atoms with van der Waals surface area (Å²) in [5.74, 6) is 0.342. The van der Waals surface area contributed by atoms with Crippen molar-refractivity contribution >= 4 is 11.2 Å². The summed E-state index contributed by atoms with van der Waals surface area (Å²) in [6.07, 6.45) is 1.17. The Morgan fingerprint density at radius 3 is 2.71 bits per heavy atom. The number of benzene rings is 1. The molecule has 17 heavy (non-hydrogen) atoms. The Morgan fingerprint density at radius 2 is 1.94 bits per heavy atom. The molecule has 0 aliphatic rings. The Bertz CT molecular complexity index is 671. The third-order valence-corrected chi connectivity index (χ3v) is 2.63. The van der Waals surface area contributed by atoms with E-state index in [1.807, 2.05) is 31.2 Å². The third kappa shape index (κ3) is 1.78. The van der Waals surface area contributed by atoms with Crippen molar-refractivity contribution < 1.29 is 4.39 Å². The number of nitrogens with one attached hydrogen (secondary N) is 1. The predicted molar refractivity (Wildman–Crippen MR) is 64.0 cm³/mol. The normalized spacial score (nSPS) is 10.9. The van der Waals surface area contributed by atoms with Gasteiger partial charge in [0, 0.05) is 11.6 Å². The first-order chi connectivity index (χ1) is 8.22. The van der Waals surface area contributed by atoms with Gasteiger partial charge in [0.1, 0.15) is 11.6 Å². The molecule has 2 aromatic heterocycles. The van der Waals surface area contributed by atoms with Crippen molar-refractivity contribution in [1.29, 1.82) is 0 Å². The number of halogens is 1. The number of hydrogen-bond acceptors (Lipinski definition) is 2. The first-order valence-corrected chi connectivity index (χ1v) is 5.31. The van der Waals surface area contributed by atoms with Crippen LogP contribution in [-0.2, 0) is 0 Å². The largest absolute Gasteiger partial charge is 0.336 e. The fourth-order valence-electron chi connectivity index (χ4n) is 1.72. The van der Waals surface area contributed by atoms with Gasteiger partial charge in [-0.2, -0.15) is 0 Å². The summed E-state index contributed by atoms with van der Waals surface area (Å²) in [7, 11) is 0. The zero-order valence-electron chi connectivity index (χ0n) is 9.24. The summed E-state index contributed by atoms with van der Waals surface area (Å²) in [4.78, 5) is 11.3. The lowest BCUT2D eigenvalue weighted by Gasteiger charge is -1.96. The van der Waals surface area contributed by atoms with Crippen LogP contribution in [0.2, 0.25) is 0 Å². The number of nitrogens with zero attached hydrogens (tertiary/aromatic N) is 2. The molecule has 0 bridgehead atoms. The minimum atomic E-state index is -0.364. The Morgan fingerprint density at radius 1 is 1.18 bits per heavy atom. The van der Waals surface area contributed by atoms with E-state index >= 15 is 0 Å². The van der Waals surface area contributed by atoms with Gasteiger partial charge in [-0.15, -0.1) is 0 Å². The molecule has 0 aliphatic carbocycles. The van der Waals surface area contributed by atoms with Crippen LogP contribution in [0, 0.1) is 12.7 Å². The van der Waals surface area contributed by atoms with Gasteiger partial charge >= 0.3 is 0 Å². The van der Waals surface area contributed by atoms with Crippen LogP contribution in [0.3, 0.4) is 0 Å². The second-order valence-corrected chi connectivity index (χ2v) is 3.98. The number of aromatic amines is 1. The van der Waals surface area contributed by atoms with E-state index in [0.29, 0.717) is 17.0 Å². The number of H-pyrrole nitrogens is 1. The topological polar surface area (TPSA) is 41.6 Å². The molecule has 3 rings (SSSR count). The van der Waals surface area contributed by atoms with Crippen molar-refractivity contribution in [1.82, 2.24) is 15.0 Å². The Balaban J connectivity index is 2.14. The molecular weight excluding hydrogens is 217 g/mol. The van der Waals surface area contributed by atoms with Crippen LogP contribution >= 0.6 is 0 Å². The summed E-state index contributed by atoms with van der Waals surface area (Å²) < 4.78 is 13.0. The summed E-state index contributed by atoms with van der Waals surface area (Å²) in [6, 6.07) is 9.37. The van der Waals surface area contributed by atoms with Crippen LogP contribution in [0.1, 0.15) is 5.56 Å². The number of rotatable bonds is 1. The van der Waals surface area contributed by atoms with Gasteiger partial charge in [0.05, 0.1) is 11.7 Å². The zero-order valence-corrected chi connectivity index (χ0v) is 9.24. The average Bonchev–Trinajstić information content (AvgIpc) is 2.72. The number of aryl methyl sites for hydroxylation is 1. The Kier molecular flexibility index (Phi) is 2.14. The summed E-state index contributed by atoms with van der Waals surface area (Å²) >= 11 is 0. The molecule has 0 saturated heterocycles. The maximum Gasteiger partial charge on any atom is 0.178 e. The molecule has 0 atom stereocenters. The van der Waals surface area contributed by atoms with Crippen molar-refractivity contribution in [3.05, 3.63) is 47.9 Å². The zero-order chi connectivity index (χ0) is 11.8. The van der Waals surface area contributed by atoms with Gasteiger partial charge in [0.25, 0.3) is 0 Å². The smallest absolute Gasteiger partial charge is 0.178 e. The molecule has 0 amide bonds. The van der Waals surface area contributed by atoms with E-state index in [-0.39, 0.29) is 5.82 Å². The van der Waals surface area contributed by atoms with Crippen LogP contribution in [0.15, 0.2) is 36.5 Å². The number of imidazole rings is 1. The highest BCUT2D eigenvalue weighted by atomic mass is 19.1. The van der Waals surface area contributed by atoms with Crippen LogP contribution in [0.5, 0.6) is 0 Å². The Labute approximate surface area is 97.3 Å². The lowest BCUT2D eigenvalue weighted by atomic mass is 10.1. The van der Waals surface area contributed by atoms with Crippen molar-refractivity contribution in [3.63, 3.8) is 0 Å². The van der Waals surface area contributed by atoms with E-state index in [9.17, 15) is 4.39 Å². The van der Waals surface area contributed by atoms with Gasteiger partial charge in [-0.3, -0.25) is 0 Å². The predicted octanol–water partition coefficient (Wildman–Crippen LogP) is 3.07. The fraction of sp³-hybridized carbons (Fsp3) is 0.0769. The standard InChI is InChI=1S/C13H10FN3/c1-8-2-4-9(5-3-8)12-16-11-6-10(14)7-15-13(11)17-12/h2-7H,1H3,(H,15,16,17). The van der Waals surface area contributed by atoms with Gasteiger partial charge in [-0.05, 0) is 6.92 Å². The molecule has 0 saturated carbocycles. The number of aromatic nitrogens is 3. The van der Waals surface area contributed by atoms with Crippen LogP contribution in [0.4, 0.5) is 4.39 Å². The number of pyridine rings is 1. The molecule has 84 valence electrons. The Hall–Kier alpha value is -2.23. The highest BCUT2D eigenvalue weighted by molar-refractivity contribution is 5.75. The molecule has 1 N–H and O–H groups in total. The lowest BCUT2D eigenvalue weighted by molar-refractivity contribution is 0.624. The highest BCUT2D eigenvalue weighted by Gasteiger charge is 2.06. The van der Waals surface area contributed by atoms with Crippen LogP contribution in [0.25, 0.3) is 22.6 Å². The SMILES string of the molecule is Cc1ccc(-c2nc3ncc(F)cc3[nH]2)cc1. The van der Waals surface area contributed by atoms with E-state index in [1.54, 1.807) is 0 Å². The molecule has 0 radical (unpaired) electrons. The monoisotopic (exact) mass is 227 g/mol. The molecule has 1 aromatic carbocycles. The third-order valence-electron chi connectivity index (χ3n) is 2.63. The first-order valence-electron chi connectivity index (χ1n) is 5.31. The average molecular weight is 227 g/mol. The maximum absolute atomic E-state index is 13.0. The molecule has 0 fully saturated rings. The number of hydrogen-bond donors (Lipinski definition) is 1. The van der Waals surface area contributed by atoms with Gasteiger partial charge < -0.3 is 4.98 Å². The van der Waals surface area contributed by atoms with E-state index in [1.165, 1.54) is 17.8 Å². The van der Waals surface area contributed by atoms with Crippen LogP contribution in [-0.4, -0.2) is 15.0 Å². The quantitative estimate of drug-likeness (QED) is 0.694. The van der Waals surface area contributed by atoms with Gasteiger partial charge in [-0.1, -0.05) is 29.8 Å². The summed E-state index contributed by atoms with van der Waals surface area (Å²) in [5, 5.41) is 0.